The maximum absolute atomic E-state index is 13.2. The van der Waals surface area contributed by atoms with Crippen LogP contribution in [0.25, 0.3) is 0 Å². The van der Waals surface area contributed by atoms with E-state index in [4.69, 9.17) is 0 Å². The highest BCUT2D eigenvalue weighted by Gasteiger charge is 2.18. The molecule has 0 spiro atoms. The van der Waals surface area contributed by atoms with E-state index in [9.17, 15) is 23.6 Å². The molecule has 1 rings (SSSR count). The van der Waals surface area contributed by atoms with Crippen LogP contribution in [-0.2, 0) is 0 Å². The molecule has 0 radical (unpaired) electrons. The van der Waals surface area contributed by atoms with E-state index >= 15 is 0 Å². The molecule has 0 fully saturated rings. The van der Waals surface area contributed by atoms with Gasteiger partial charge in [0.25, 0.3) is 5.56 Å². The Morgan fingerprint density at radius 2 is 1.71 bits per heavy atom. The summed E-state index contributed by atoms with van der Waals surface area (Å²) >= 11 is 5.54. The molecule has 0 atom stereocenters. The van der Waals surface area contributed by atoms with E-state index in [0.29, 0.717) is 10.8 Å². The Labute approximate surface area is 110 Å². The van der Waals surface area contributed by atoms with Gasteiger partial charge in [-0.1, -0.05) is 31.9 Å². The molecule has 6 nitrogen and oxygen atoms in total. The lowest BCUT2D eigenvalue weighted by atomic mass is 10.5. The van der Waals surface area contributed by atoms with Gasteiger partial charge in [-0.2, -0.15) is 8.96 Å². The molecule has 0 aliphatic carbocycles. The lowest BCUT2D eigenvalue weighted by molar-refractivity contribution is 0.0910. The van der Waals surface area contributed by atoms with Crippen LogP contribution in [0.15, 0.2) is 15.8 Å². The Balaban J connectivity index is 3.66. The lowest BCUT2D eigenvalue weighted by Crippen LogP contribution is -2.47. The van der Waals surface area contributed by atoms with Crippen molar-refractivity contribution in [2.45, 2.75) is 0 Å². The number of hydrogen-bond donors (Lipinski definition) is 0. The second kappa shape index (κ2) is 5.50. The molecule has 1 aromatic rings. The first-order chi connectivity index (χ1) is 7.93. The molecule has 17 heavy (non-hydrogen) atoms. The largest absolute Gasteiger partial charge is 0.344 e. The number of carbonyl (C=O) groups excluding carboxylic acids is 2. The Kier molecular flexibility index (Phi) is 4.52. The van der Waals surface area contributed by atoms with Crippen molar-refractivity contribution < 1.29 is 14.0 Å². The quantitative estimate of drug-likeness (QED) is 0.697. The number of halogens is 3. The maximum atomic E-state index is 13.2. The highest BCUT2D eigenvalue weighted by atomic mass is 79.9. The second-order valence-corrected chi connectivity index (χ2v) is 3.95. The summed E-state index contributed by atoms with van der Waals surface area (Å²) in [6.07, 6.45) is 0.465. The van der Waals surface area contributed by atoms with E-state index in [1.807, 2.05) is 0 Å². The minimum atomic E-state index is -1.38. The molecule has 0 saturated heterocycles. The molecule has 0 aliphatic rings. The second-order valence-electron chi connectivity index (χ2n) is 2.82. The first-order valence-corrected chi connectivity index (χ1v) is 6.40. The van der Waals surface area contributed by atoms with Gasteiger partial charge in [0.2, 0.25) is 17.6 Å². The molecule has 0 saturated carbocycles. The van der Waals surface area contributed by atoms with Crippen LogP contribution in [0.2, 0.25) is 0 Å². The summed E-state index contributed by atoms with van der Waals surface area (Å²) in [5, 5.41) is -0.582. The topological polar surface area (TPSA) is 78.1 Å². The van der Waals surface area contributed by atoms with Crippen LogP contribution in [0.1, 0.15) is 9.59 Å². The first kappa shape index (κ1) is 14.0. The van der Waals surface area contributed by atoms with E-state index in [2.05, 4.69) is 31.9 Å². The highest BCUT2D eigenvalue weighted by molar-refractivity contribution is 9.09. The summed E-state index contributed by atoms with van der Waals surface area (Å²) in [6, 6.07) is 0. The van der Waals surface area contributed by atoms with Crippen molar-refractivity contribution >= 4 is 43.7 Å². The van der Waals surface area contributed by atoms with Crippen LogP contribution < -0.4 is 11.2 Å². The van der Waals surface area contributed by atoms with Gasteiger partial charge in [-0.3, -0.25) is 14.4 Å². The van der Waals surface area contributed by atoms with Crippen LogP contribution in [0, 0.1) is 5.82 Å². The third-order valence-electron chi connectivity index (χ3n) is 1.79. The van der Waals surface area contributed by atoms with Crippen molar-refractivity contribution in [2.75, 3.05) is 10.7 Å². The summed E-state index contributed by atoms with van der Waals surface area (Å²) < 4.78 is 13.6. The van der Waals surface area contributed by atoms with Gasteiger partial charge >= 0.3 is 5.69 Å². The zero-order valence-electron chi connectivity index (χ0n) is 8.15. The van der Waals surface area contributed by atoms with Crippen molar-refractivity contribution in [3.05, 3.63) is 32.9 Å². The molecule has 0 amide bonds. The Morgan fingerprint density at radius 3 is 2.18 bits per heavy atom. The van der Waals surface area contributed by atoms with Crippen molar-refractivity contribution in [3.8, 4) is 0 Å². The van der Waals surface area contributed by atoms with Gasteiger partial charge in [0.15, 0.2) is 0 Å². The van der Waals surface area contributed by atoms with Gasteiger partial charge < -0.3 is 0 Å². The fourth-order valence-corrected chi connectivity index (χ4v) is 1.57. The van der Waals surface area contributed by atoms with Crippen LogP contribution in [0.4, 0.5) is 4.39 Å². The predicted molar refractivity (Wildman–Crippen MR) is 63.8 cm³/mol. The lowest BCUT2D eigenvalue weighted by Gasteiger charge is -2.05. The average molecular weight is 372 g/mol. The molecule has 92 valence electrons. The molecule has 0 aromatic carbocycles. The van der Waals surface area contributed by atoms with Crippen LogP contribution >= 0.6 is 31.9 Å². The summed E-state index contributed by atoms with van der Waals surface area (Å²) in [5.41, 5.74) is -2.57. The number of carbonyl (C=O) groups is 2. The fraction of sp³-hybridized carbons (Fsp3) is 0.250. The Bertz CT molecular complexity index is 592. The van der Waals surface area contributed by atoms with Gasteiger partial charge in [0.05, 0.1) is 16.9 Å². The van der Waals surface area contributed by atoms with E-state index in [1.165, 1.54) is 0 Å². The van der Waals surface area contributed by atoms with Crippen molar-refractivity contribution in [1.29, 1.82) is 0 Å². The number of rotatable bonds is 2. The number of aromatic nitrogens is 2. The van der Waals surface area contributed by atoms with Gasteiger partial charge in [0.1, 0.15) is 0 Å². The zero-order chi connectivity index (χ0) is 13.2. The number of nitrogens with zero attached hydrogens (tertiary/aromatic N) is 2. The van der Waals surface area contributed by atoms with Crippen molar-refractivity contribution in [2.24, 2.45) is 0 Å². The molecule has 0 unspecified atom stereocenters. The average Bonchev–Trinajstić information content (AvgIpc) is 2.32. The van der Waals surface area contributed by atoms with Crippen molar-refractivity contribution in [3.63, 3.8) is 0 Å². The highest BCUT2D eigenvalue weighted by Crippen LogP contribution is 1.92. The third kappa shape index (κ3) is 2.60. The normalized spacial score (nSPS) is 10.3. The SMILES string of the molecule is O=C(CBr)n1cc(F)c(=O)n(C(=O)CBr)c1=O. The van der Waals surface area contributed by atoms with Gasteiger partial charge in [-0.05, 0) is 0 Å². The first-order valence-electron chi connectivity index (χ1n) is 4.16. The zero-order valence-corrected chi connectivity index (χ0v) is 11.3. The van der Waals surface area contributed by atoms with Crippen molar-refractivity contribution in [1.82, 2.24) is 9.13 Å². The van der Waals surface area contributed by atoms with Crippen LogP contribution in [0.5, 0.6) is 0 Å². The van der Waals surface area contributed by atoms with E-state index in [1.54, 1.807) is 0 Å². The minimum Gasteiger partial charge on any atom is -0.273 e. The maximum Gasteiger partial charge on any atom is 0.344 e. The fourth-order valence-electron chi connectivity index (χ4n) is 1.05. The van der Waals surface area contributed by atoms with Gasteiger partial charge in [-0.25, -0.2) is 9.36 Å². The Morgan fingerprint density at radius 1 is 1.18 bits per heavy atom. The molecule has 9 heteroatoms. The van der Waals surface area contributed by atoms with E-state index < -0.39 is 28.9 Å². The molecule has 1 aromatic heterocycles. The summed E-state index contributed by atoms with van der Waals surface area (Å²) in [5.74, 6) is -3.09. The molecule has 0 N–H and O–H groups in total. The molecular formula is C8H5Br2FN2O4. The molecule has 0 bridgehead atoms. The number of hydrogen-bond acceptors (Lipinski definition) is 4. The summed E-state index contributed by atoms with van der Waals surface area (Å²) in [4.78, 5) is 45.4. The monoisotopic (exact) mass is 370 g/mol. The van der Waals surface area contributed by atoms with E-state index in [0.717, 1.165) is 0 Å². The Hall–Kier alpha value is -1.09. The summed E-state index contributed by atoms with van der Waals surface area (Å²) in [7, 11) is 0. The van der Waals surface area contributed by atoms with E-state index in [-0.39, 0.29) is 15.2 Å². The smallest absolute Gasteiger partial charge is 0.273 e. The standard InChI is InChI=1S/C8H5Br2FN2O4/c9-1-5(14)12-3-4(11)7(16)13(8(12)17)6(15)2-10/h3H,1-2H2. The third-order valence-corrected chi connectivity index (χ3v) is 2.75. The molecule has 0 aliphatic heterocycles. The van der Waals surface area contributed by atoms with Crippen LogP contribution in [0.3, 0.4) is 0 Å². The number of alkyl halides is 2. The molecule has 1 heterocycles. The summed E-state index contributed by atoms with van der Waals surface area (Å²) in [6.45, 7) is 0. The van der Waals surface area contributed by atoms with Crippen LogP contribution in [-0.4, -0.2) is 31.6 Å². The predicted octanol–water partition coefficient (Wildman–Crippen LogP) is 0.219. The van der Waals surface area contributed by atoms with Gasteiger partial charge in [-0.15, -0.1) is 0 Å². The minimum absolute atomic E-state index is 0.0741. The molecular weight excluding hydrogens is 367 g/mol. The van der Waals surface area contributed by atoms with Gasteiger partial charge in [0, 0.05) is 0 Å².